The molecule has 3 heterocycles. The summed E-state index contributed by atoms with van der Waals surface area (Å²) >= 11 is 1.64. The van der Waals surface area contributed by atoms with Gasteiger partial charge in [-0.3, -0.25) is 9.59 Å². The van der Waals surface area contributed by atoms with Crippen LogP contribution in [0.1, 0.15) is 33.3 Å². The van der Waals surface area contributed by atoms with Gasteiger partial charge in [0.05, 0.1) is 17.0 Å². The molecule has 1 amide bonds. The molecule has 0 unspecified atom stereocenters. The average Bonchev–Trinajstić information content (AvgIpc) is 3.42. The van der Waals surface area contributed by atoms with Crippen molar-refractivity contribution in [1.82, 2.24) is 4.90 Å². The summed E-state index contributed by atoms with van der Waals surface area (Å²) in [6, 6.07) is 20.1. The summed E-state index contributed by atoms with van der Waals surface area (Å²) in [4.78, 5) is 29.9. The first kappa shape index (κ1) is 19.9. The number of hydrogen-bond donors (Lipinski definition) is 0. The topological polar surface area (TPSA) is 69.0 Å². The molecule has 7 heteroatoms. The van der Waals surface area contributed by atoms with Crippen LogP contribution in [-0.4, -0.2) is 23.9 Å². The highest BCUT2D eigenvalue weighted by Gasteiger charge is 2.42. The van der Waals surface area contributed by atoms with Crippen molar-refractivity contribution >= 4 is 28.6 Å². The molecule has 3 aromatic carbocycles. The van der Waals surface area contributed by atoms with Crippen molar-refractivity contribution in [1.29, 1.82) is 0 Å². The summed E-state index contributed by atoms with van der Waals surface area (Å²) < 4.78 is 16.9. The van der Waals surface area contributed by atoms with Crippen molar-refractivity contribution in [3.05, 3.63) is 99.4 Å². The summed E-state index contributed by atoms with van der Waals surface area (Å²) in [5.74, 6) is 1.14. The molecule has 33 heavy (non-hydrogen) atoms. The largest absolute Gasteiger partial charge is 0.454 e. The zero-order chi connectivity index (χ0) is 22.5. The van der Waals surface area contributed by atoms with Crippen LogP contribution in [0.15, 0.2) is 80.8 Å². The summed E-state index contributed by atoms with van der Waals surface area (Å²) in [5, 5.41) is 0.472. The third kappa shape index (κ3) is 3.19. The van der Waals surface area contributed by atoms with Gasteiger partial charge < -0.3 is 18.8 Å². The Morgan fingerprint density at radius 2 is 1.76 bits per heavy atom. The first-order valence-electron chi connectivity index (χ1n) is 10.5. The fourth-order valence-electron chi connectivity index (χ4n) is 4.50. The Bertz CT molecular complexity index is 1460. The number of carbonyl (C=O) groups excluding carboxylic acids is 1. The smallest absolute Gasteiger partial charge is 0.291 e. The SMILES string of the molecule is CSc1ccc([C@H]2c3c(oc4ccccc4c3=O)C(=O)N2Cc2ccc3c(c2)OCO3)cc1. The number of para-hydroxylation sites is 1. The Labute approximate surface area is 193 Å². The van der Waals surface area contributed by atoms with E-state index in [0.29, 0.717) is 34.6 Å². The minimum absolute atomic E-state index is 0.110. The zero-order valence-corrected chi connectivity index (χ0v) is 18.6. The molecule has 2 aliphatic heterocycles. The van der Waals surface area contributed by atoms with Gasteiger partial charge in [-0.15, -0.1) is 11.8 Å². The lowest BCUT2D eigenvalue weighted by Crippen LogP contribution is -2.29. The molecule has 0 radical (unpaired) electrons. The highest BCUT2D eigenvalue weighted by atomic mass is 32.2. The molecular formula is C26H19NO5S. The Hall–Kier alpha value is -3.71. The van der Waals surface area contributed by atoms with Crippen LogP contribution >= 0.6 is 11.8 Å². The second-order valence-electron chi connectivity index (χ2n) is 7.97. The van der Waals surface area contributed by atoms with Gasteiger partial charge in [0.25, 0.3) is 5.91 Å². The number of hydrogen-bond acceptors (Lipinski definition) is 6. The van der Waals surface area contributed by atoms with Gasteiger partial charge in [-0.05, 0) is 53.8 Å². The van der Waals surface area contributed by atoms with Gasteiger partial charge in [-0.2, -0.15) is 0 Å². The maximum absolute atomic E-state index is 13.6. The van der Waals surface area contributed by atoms with Crippen molar-refractivity contribution in [2.75, 3.05) is 13.0 Å². The zero-order valence-electron chi connectivity index (χ0n) is 17.7. The first-order valence-corrected chi connectivity index (χ1v) is 11.8. The number of amides is 1. The summed E-state index contributed by atoms with van der Waals surface area (Å²) in [6.45, 7) is 0.479. The second kappa shape index (κ2) is 7.71. The lowest BCUT2D eigenvalue weighted by molar-refractivity contribution is 0.0714. The van der Waals surface area contributed by atoms with Crippen LogP contribution in [0.25, 0.3) is 11.0 Å². The number of fused-ring (bicyclic) bond motifs is 3. The van der Waals surface area contributed by atoms with Crippen LogP contribution in [0.3, 0.4) is 0 Å². The molecule has 1 atom stereocenters. The lowest BCUT2D eigenvalue weighted by Gasteiger charge is -2.25. The number of rotatable bonds is 4. The number of benzene rings is 3. The average molecular weight is 458 g/mol. The van der Waals surface area contributed by atoms with Crippen molar-refractivity contribution in [2.24, 2.45) is 0 Å². The van der Waals surface area contributed by atoms with Crippen LogP contribution in [0.4, 0.5) is 0 Å². The van der Waals surface area contributed by atoms with Crippen LogP contribution < -0.4 is 14.9 Å². The molecule has 0 saturated heterocycles. The van der Waals surface area contributed by atoms with Crippen LogP contribution in [0.2, 0.25) is 0 Å². The van der Waals surface area contributed by atoms with E-state index >= 15 is 0 Å². The van der Waals surface area contributed by atoms with E-state index < -0.39 is 6.04 Å². The van der Waals surface area contributed by atoms with Gasteiger partial charge in [0.1, 0.15) is 5.58 Å². The molecule has 0 saturated carbocycles. The highest BCUT2D eigenvalue weighted by molar-refractivity contribution is 7.98. The molecule has 0 spiro atoms. The molecule has 6 rings (SSSR count). The summed E-state index contributed by atoms with van der Waals surface area (Å²) in [5.41, 5.74) is 2.37. The first-order chi connectivity index (χ1) is 16.1. The summed E-state index contributed by atoms with van der Waals surface area (Å²) in [6.07, 6.45) is 2.01. The Balaban J connectivity index is 1.50. The molecule has 0 N–H and O–H groups in total. The number of nitrogens with zero attached hydrogens (tertiary/aromatic N) is 1. The minimum atomic E-state index is -0.547. The molecule has 6 nitrogen and oxygen atoms in total. The van der Waals surface area contributed by atoms with Crippen molar-refractivity contribution in [3.8, 4) is 11.5 Å². The van der Waals surface area contributed by atoms with E-state index in [-0.39, 0.29) is 23.9 Å². The standard InChI is InChI=1S/C26H19NO5S/c1-33-17-9-7-16(8-10-17)23-22-24(28)18-4-2-3-5-19(18)32-25(22)26(29)27(23)13-15-6-11-20-21(12-15)31-14-30-20/h2-12,23H,13-14H2,1H3/t23-/m0/s1. The van der Waals surface area contributed by atoms with Crippen molar-refractivity contribution < 1.29 is 18.7 Å². The molecule has 0 bridgehead atoms. The van der Waals surface area contributed by atoms with Gasteiger partial charge in [-0.25, -0.2) is 0 Å². The predicted molar refractivity (Wildman–Crippen MR) is 125 cm³/mol. The van der Waals surface area contributed by atoms with Gasteiger partial charge in [0.2, 0.25) is 12.6 Å². The number of thioether (sulfide) groups is 1. The van der Waals surface area contributed by atoms with Crippen molar-refractivity contribution in [3.63, 3.8) is 0 Å². The van der Waals surface area contributed by atoms with E-state index in [1.54, 1.807) is 40.9 Å². The third-order valence-electron chi connectivity index (χ3n) is 6.09. The molecule has 2 aliphatic rings. The maximum Gasteiger partial charge on any atom is 0.291 e. The van der Waals surface area contributed by atoms with E-state index in [2.05, 4.69) is 0 Å². The molecule has 1 aromatic heterocycles. The number of ether oxygens (including phenoxy) is 2. The Morgan fingerprint density at radius 3 is 2.58 bits per heavy atom. The van der Waals surface area contributed by atoms with Crippen LogP contribution in [-0.2, 0) is 6.54 Å². The molecule has 4 aromatic rings. The highest BCUT2D eigenvalue weighted by Crippen LogP contribution is 2.40. The van der Waals surface area contributed by atoms with Gasteiger partial charge in [0, 0.05) is 11.4 Å². The molecular weight excluding hydrogens is 438 g/mol. The fourth-order valence-corrected chi connectivity index (χ4v) is 4.91. The predicted octanol–water partition coefficient (Wildman–Crippen LogP) is 4.99. The number of carbonyl (C=O) groups is 1. The lowest BCUT2D eigenvalue weighted by atomic mass is 9.98. The Kier molecular flexibility index (Phi) is 4.66. The van der Waals surface area contributed by atoms with E-state index in [4.69, 9.17) is 13.9 Å². The Morgan fingerprint density at radius 1 is 0.970 bits per heavy atom. The fraction of sp³-hybridized carbons (Fsp3) is 0.154. The van der Waals surface area contributed by atoms with E-state index in [1.807, 2.05) is 48.7 Å². The molecule has 164 valence electrons. The van der Waals surface area contributed by atoms with Crippen molar-refractivity contribution in [2.45, 2.75) is 17.5 Å². The second-order valence-corrected chi connectivity index (χ2v) is 8.85. The third-order valence-corrected chi connectivity index (χ3v) is 6.84. The normalized spacial score (nSPS) is 16.5. The van der Waals surface area contributed by atoms with E-state index in [9.17, 15) is 9.59 Å². The molecule has 0 fully saturated rings. The molecule has 0 aliphatic carbocycles. The van der Waals surface area contributed by atoms with Crippen LogP contribution in [0.5, 0.6) is 11.5 Å². The summed E-state index contributed by atoms with van der Waals surface area (Å²) in [7, 11) is 0. The van der Waals surface area contributed by atoms with Gasteiger partial charge >= 0.3 is 0 Å². The van der Waals surface area contributed by atoms with E-state index in [0.717, 1.165) is 16.0 Å². The van der Waals surface area contributed by atoms with Gasteiger partial charge in [-0.1, -0.05) is 30.3 Å². The monoisotopic (exact) mass is 457 g/mol. The van der Waals surface area contributed by atoms with Crippen LogP contribution in [0, 0.1) is 0 Å². The van der Waals surface area contributed by atoms with Gasteiger partial charge in [0.15, 0.2) is 16.9 Å². The quantitative estimate of drug-likeness (QED) is 0.402. The van der Waals surface area contributed by atoms with E-state index in [1.165, 1.54) is 0 Å². The minimum Gasteiger partial charge on any atom is -0.454 e. The maximum atomic E-state index is 13.6.